The molecule has 130 valence electrons. The Bertz CT molecular complexity index is 869. The quantitative estimate of drug-likeness (QED) is 0.412. The van der Waals surface area contributed by atoms with Gasteiger partial charge in [0.1, 0.15) is 0 Å². The van der Waals surface area contributed by atoms with Crippen LogP contribution in [0.25, 0.3) is 10.9 Å². The van der Waals surface area contributed by atoms with Crippen molar-refractivity contribution in [2.45, 2.75) is 25.0 Å². The lowest BCUT2D eigenvalue weighted by Crippen LogP contribution is -2.33. The van der Waals surface area contributed by atoms with Crippen molar-refractivity contribution in [3.05, 3.63) is 47.3 Å². The molecule has 0 saturated heterocycles. The van der Waals surface area contributed by atoms with Crippen molar-refractivity contribution in [3.8, 4) is 6.07 Å². The van der Waals surface area contributed by atoms with E-state index in [4.69, 9.17) is 5.26 Å². The number of nitriles is 1. The number of allylic oxidation sites excluding steroid dienone is 1. The monoisotopic (exact) mass is 356 g/mol. The molecule has 0 fully saturated rings. The predicted octanol–water partition coefficient (Wildman–Crippen LogP) is 2.44. The summed E-state index contributed by atoms with van der Waals surface area (Å²) < 4.78 is 1.53. The van der Waals surface area contributed by atoms with Crippen LogP contribution in [-0.2, 0) is 11.3 Å². The lowest BCUT2D eigenvalue weighted by molar-refractivity contribution is -0.128. The molecule has 0 aliphatic heterocycles. The van der Waals surface area contributed by atoms with Gasteiger partial charge in [-0.1, -0.05) is 30.0 Å². The number of benzene rings is 1. The van der Waals surface area contributed by atoms with Gasteiger partial charge in [-0.3, -0.25) is 14.2 Å². The third kappa shape index (κ3) is 4.48. The fraction of sp³-hybridized carbons (Fsp3) is 0.333. The van der Waals surface area contributed by atoms with Gasteiger partial charge in [-0.15, -0.1) is 6.58 Å². The van der Waals surface area contributed by atoms with Gasteiger partial charge < -0.3 is 4.90 Å². The summed E-state index contributed by atoms with van der Waals surface area (Å²) >= 11 is 1.23. The largest absolute Gasteiger partial charge is 0.341 e. The lowest BCUT2D eigenvalue weighted by Gasteiger charge is -2.19. The third-order valence-corrected chi connectivity index (χ3v) is 4.65. The van der Waals surface area contributed by atoms with Crippen LogP contribution in [-0.4, -0.2) is 39.2 Å². The summed E-state index contributed by atoms with van der Waals surface area (Å²) in [6.07, 6.45) is 1.94. The van der Waals surface area contributed by atoms with Crippen molar-refractivity contribution in [1.82, 2.24) is 14.5 Å². The minimum absolute atomic E-state index is 0.0738. The topological polar surface area (TPSA) is 79.0 Å². The summed E-state index contributed by atoms with van der Waals surface area (Å²) in [6.45, 7) is 6.86. The summed E-state index contributed by atoms with van der Waals surface area (Å²) in [5, 5.41) is 9.72. The number of thioether (sulfide) groups is 1. The molecule has 1 heterocycles. The second-order valence-electron chi connectivity index (χ2n) is 5.29. The van der Waals surface area contributed by atoms with Gasteiger partial charge in [0.25, 0.3) is 5.56 Å². The second kappa shape index (κ2) is 9.04. The SMILES string of the molecule is C=CCn1c(SCC(=O)N(CC)CCC#N)nc2ccccc2c1=O. The van der Waals surface area contributed by atoms with Crippen molar-refractivity contribution in [2.24, 2.45) is 0 Å². The first kappa shape index (κ1) is 18.7. The highest BCUT2D eigenvalue weighted by molar-refractivity contribution is 7.99. The fourth-order valence-corrected chi connectivity index (χ4v) is 3.32. The summed E-state index contributed by atoms with van der Waals surface area (Å²) in [7, 11) is 0. The van der Waals surface area contributed by atoms with Crippen LogP contribution in [0.2, 0.25) is 0 Å². The Balaban J connectivity index is 2.26. The summed E-state index contributed by atoms with van der Waals surface area (Å²) in [4.78, 5) is 31.1. The van der Waals surface area contributed by atoms with E-state index < -0.39 is 0 Å². The van der Waals surface area contributed by atoms with E-state index >= 15 is 0 Å². The molecule has 1 amide bonds. The molecule has 0 bridgehead atoms. The Hall–Kier alpha value is -2.59. The average Bonchev–Trinajstić information content (AvgIpc) is 2.63. The zero-order valence-electron chi connectivity index (χ0n) is 14.1. The molecular formula is C18H20N4O2S. The molecule has 25 heavy (non-hydrogen) atoms. The third-order valence-electron chi connectivity index (χ3n) is 3.69. The Kier molecular flexibility index (Phi) is 6.78. The van der Waals surface area contributed by atoms with E-state index in [0.717, 1.165) is 0 Å². The number of hydrogen-bond donors (Lipinski definition) is 0. The first-order valence-corrected chi connectivity index (χ1v) is 8.99. The van der Waals surface area contributed by atoms with Crippen LogP contribution in [0.15, 0.2) is 46.9 Å². The van der Waals surface area contributed by atoms with Crippen molar-refractivity contribution < 1.29 is 4.79 Å². The van der Waals surface area contributed by atoms with E-state index in [2.05, 4.69) is 11.6 Å². The van der Waals surface area contributed by atoms with Crippen LogP contribution in [0, 0.1) is 11.3 Å². The molecule has 6 nitrogen and oxygen atoms in total. The number of rotatable bonds is 8. The Morgan fingerprint density at radius 1 is 1.48 bits per heavy atom. The number of carbonyl (C=O) groups excluding carboxylic acids is 1. The van der Waals surface area contributed by atoms with E-state index in [1.165, 1.54) is 16.3 Å². The van der Waals surface area contributed by atoms with Crippen LogP contribution < -0.4 is 5.56 Å². The van der Waals surface area contributed by atoms with Gasteiger partial charge in [-0.25, -0.2) is 4.98 Å². The molecule has 0 unspecified atom stereocenters. The van der Waals surface area contributed by atoms with Gasteiger partial charge in [0.2, 0.25) is 5.91 Å². The highest BCUT2D eigenvalue weighted by Crippen LogP contribution is 2.18. The Labute approximate surface area is 150 Å². The van der Waals surface area contributed by atoms with Crippen molar-refractivity contribution >= 4 is 28.6 Å². The maximum atomic E-state index is 12.6. The van der Waals surface area contributed by atoms with Gasteiger partial charge >= 0.3 is 0 Å². The van der Waals surface area contributed by atoms with Crippen LogP contribution in [0.1, 0.15) is 13.3 Å². The molecule has 2 rings (SSSR count). The number of hydrogen-bond acceptors (Lipinski definition) is 5. The molecule has 0 aliphatic rings. The number of para-hydroxylation sites is 1. The van der Waals surface area contributed by atoms with Gasteiger partial charge in [0.15, 0.2) is 5.16 Å². The minimum Gasteiger partial charge on any atom is -0.341 e. The normalized spacial score (nSPS) is 10.4. The Morgan fingerprint density at radius 2 is 2.24 bits per heavy atom. The minimum atomic E-state index is -0.141. The molecular weight excluding hydrogens is 336 g/mol. The maximum absolute atomic E-state index is 12.6. The smallest absolute Gasteiger partial charge is 0.262 e. The lowest BCUT2D eigenvalue weighted by atomic mass is 10.2. The summed E-state index contributed by atoms with van der Waals surface area (Å²) in [5.74, 6) is 0.0941. The van der Waals surface area contributed by atoms with E-state index in [9.17, 15) is 9.59 Å². The molecule has 0 radical (unpaired) electrons. The first-order valence-electron chi connectivity index (χ1n) is 8.00. The Morgan fingerprint density at radius 3 is 2.92 bits per heavy atom. The number of amides is 1. The van der Waals surface area contributed by atoms with E-state index in [-0.39, 0.29) is 17.2 Å². The van der Waals surface area contributed by atoms with Crippen LogP contribution in [0.5, 0.6) is 0 Å². The maximum Gasteiger partial charge on any atom is 0.262 e. The van der Waals surface area contributed by atoms with Gasteiger partial charge in [-0.2, -0.15) is 5.26 Å². The van der Waals surface area contributed by atoms with Gasteiger partial charge in [0, 0.05) is 19.6 Å². The number of fused-ring (bicyclic) bond motifs is 1. The molecule has 0 atom stereocenters. The molecule has 0 aliphatic carbocycles. The van der Waals surface area contributed by atoms with Crippen LogP contribution in [0.3, 0.4) is 0 Å². The van der Waals surface area contributed by atoms with Crippen LogP contribution >= 0.6 is 11.8 Å². The summed E-state index contributed by atoms with van der Waals surface area (Å²) in [6, 6.07) is 9.20. The number of nitrogens with zero attached hydrogens (tertiary/aromatic N) is 4. The number of aromatic nitrogens is 2. The number of carbonyl (C=O) groups is 1. The first-order chi connectivity index (χ1) is 12.1. The highest BCUT2D eigenvalue weighted by atomic mass is 32.2. The molecule has 7 heteroatoms. The standard InChI is InChI=1S/C18H20N4O2S/c1-3-11-22-17(24)14-8-5-6-9-15(14)20-18(22)25-13-16(23)21(4-2)12-7-10-19/h3,5-6,8-9H,1,4,7,11-13H2,2H3. The van der Waals surface area contributed by atoms with Gasteiger partial charge in [-0.05, 0) is 19.1 Å². The van der Waals surface area contributed by atoms with Crippen molar-refractivity contribution in [1.29, 1.82) is 5.26 Å². The van der Waals surface area contributed by atoms with Gasteiger partial charge in [0.05, 0.1) is 29.1 Å². The van der Waals surface area contributed by atoms with Crippen LogP contribution in [0.4, 0.5) is 0 Å². The molecule has 0 spiro atoms. The zero-order valence-corrected chi connectivity index (χ0v) is 15.0. The van der Waals surface area contributed by atoms with E-state index in [1.54, 1.807) is 29.2 Å². The molecule has 0 N–H and O–H groups in total. The van der Waals surface area contributed by atoms with E-state index in [1.807, 2.05) is 19.1 Å². The molecule has 2 aromatic rings. The molecule has 1 aromatic carbocycles. The average molecular weight is 356 g/mol. The second-order valence-corrected chi connectivity index (χ2v) is 6.23. The summed E-state index contributed by atoms with van der Waals surface area (Å²) in [5.41, 5.74) is 0.469. The van der Waals surface area contributed by atoms with Crippen molar-refractivity contribution in [3.63, 3.8) is 0 Å². The predicted molar refractivity (Wildman–Crippen MR) is 99.4 cm³/mol. The molecule has 1 aromatic heterocycles. The molecule has 0 saturated carbocycles. The van der Waals surface area contributed by atoms with Crippen molar-refractivity contribution in [2.75, 3.05) is 18.8 Å². The zero-order chi connectivity index (χ0) is 18.2. The fourth-order valence-electron chi connectivity index (χ4n) is 2.41. The highest BCUT2D eigenvalue weighted by Gasteiger charge is 2.15. The van der Waals surface area contributed by atoms with E-state index in [0.29, 0.717) is 42.1 Å².